The molecule has 2 rings (SSSR count). The zero-order valence-electron chi connectivity index (χ0n) is 15.4. The van der Waals surface area contributed by atoms with Gasteiger partial charge in [-0.2, -0.15) is 0 Å². The van der Waals surface area contributed by atoms with Crippen LogP contribution in [0.3, 0.4) is 0 Å². The number of benzene rings is 1. The molecule has 1 aromatic carbocycles. The molecular formula is C20H24N2O2S. The third-order valence-corrected chi connectivity index (χ3v) is 6.18. The molecule has 0 fully saturated rings. The summed E-state index contributed by atoms with van der Waals surface area (Å²) in [6.07, 6.45) is 4.56. The first-order valence-corrected chi connectivity index (χ1v) is 9.80. The fraction of sp³-hybridized carbons (Fsp3) is 0.350. The summed E-state index contributed by atoms with van der Waals surface area (Å²) in [4.78, 5) is 5.70. The number of nitrogens with zero attached hydrogens (tertiary/aromatic N) is 2. The van der Waals surface area contributed by atoms with Crippen molar-refractivity contribution in [1.82, 2.24) is 4.90 Å². The molecule has 0 spiro atoms. The van der Waals surface area contributed by atoms with Crippen molar-refractivity contribution >= 4 is 9.84 Å². The third kappa shape index (κ3) is 3.69. The van der Waals surface area contributed by atoms with Crippen molar-refractivity contribution in [3.8, 4) is 0 Å². The Hall–Kier alpha value is -2.32. The van der Waals surface area contributed by atoms with E-state index in [2.05, 4.69) is 23.6 Å². The second-order valence-corrected chi connectivity index (χ2v) is 8.25. The second kappa shape index (κ2) is 7.28. The number of allylic oxidation sites excluding steroid dienone is 5. The summed E-state index contributed by atoms with van der Waals surface area (Å²) in [7, 11) is -3.84. The number of hydrogen-bond donors (Lipinski definition) is 0. The van der Waals surface area contributed by atoms with Crippen LogP contribution in [0.2, 0.25) is 0 Å². The Morgan fingerprint density at radius 1 is 1.12 bits per heavy atom. The lowest BCUT2D eigenvalue weighted by atomic mass is 10.1. The summed E-state index contributed by atoms with van der Waals surface area (Å²) in [5.74, 6) is 0. The van der Waals surface area contributed by atoms with Gasteiger partial charge in [0.05, 0.1) is 11.5 Å². The average Bonchev–Trinajstić information content (AvgIpc) is 2.54. The van der Waals surface area contributed by atoms with E-state index in [1.165, 1.54) is 0 Å². The van der Waals surface area contributed by atoms with E-state index < -0.39 is 9.84 Å². The molecule has 1 atom stereocenters. The monoisotopic (exact) mass is 356 g/mol. The Bertz CT molecular complexity index is 876. The molecule has 1 heterocycles. The molecule has 1 aliphatic heterocycles. The van der Waals surface area contributed by atoms with Crippen molar-refractivity contribution in [2.24, 2.45) is 0 Å². The zero-order valence-corrected chi connectivity index (χ0v) is 16.2. The minimum absolute atomic E-state index is 0.151. The van der Waals surface area contributed by atoms with Gasteiger partial charge in [0.15, 0.2) is 0 Å². The summed E-state index contributed by atoms with van der Waals surface area (Å²) in [6.45, 7) is 17.5. The van der Waals surface area contributed by atoms with Crippen LogP contribution in [0.5, 0.6) is 0 Å². The molecule has 5 heteroatoms. The highest BCUT2D eigenvalue weighted by atomic mass is 32.2. The molecule has 1 aliphatic rings. The molecule has 0 saturated carbocycles. The van der Waals surface area contributed by atoms with Gasteiger partial charge in [0.1, 0.15) is 0 Å². The fourth-order valence-corrected chi connectivity index (χ4v) is 4.29. The summed E-state index contributed by atoms with van der Waals surface area (Å²) in [5.41, 5.74) is 3.32. The molecule has 0 amide bonds. The van der Waals surface area contributed by atoms with Gasteiger partial charge < -0.3 is 4.90 Å². The maximum Gasteiger partial charge on any atom is 0.290 e. The van der Waals surface area contributed by atoms with Gasteiger partial charge >= 0.3 is 0 Å². The van der Waals surface area contributed by atoms with E-state index in [4.69, 9.17) is 6.57 Å². The van der Waals surface area contributed by atoms with Gasteiger partial charge in [0.25, 0.3) is 5.03 Å². The molecule has 1 aromatic rings. The van der Waals surface area contributed by atoms with E-state index in [9.17, 15) is 8.42 Å². The highest BCUT2D eigenvalue weighted by Gasteiger charge is 2.27. The van der Waals surface area contributed by atoms with E-state index in [0.717, 1.165) is 23.4 Å². The largest absolute Gasteiger partial charge is 0.347 e. The van der Waals surface area contributed by atoms with Crippen LogP contribution in [0.15, 0.2) is 63.3 Å². The molecule has 0 radical (unpaired) electrons. The summed E-state index contributed by atoms with van der Waals surface area (Å²) >= 11 is 0. The van der Waals surface area contributed by atoms with Crippen LogP contribution in [-0.2, 0) is 9.84 Å². The molecule has 4 nitrogen and oxygen atoms in total. The molecule has 132 valence electrons. The molecule has 1 unspecified atom stereocenters. The van der Waals surface area contributed by atoms with Gasteiger partial charge in [-0.1, -0.05) is 24.6 Å². The zero-order chi connectivity index (χ0) is 18.8. The van der Waals surface area contributed by atoms with Crippen LogP contribution in [0.4, 0.5) is 0 Å². The van der Waals surface area contributed by atoms with E-state index >= 15 is 0 Å². The van der Waals surface area contributed by atoms with Gasteiger partial charge in [-0.15, -0.1) is 0 Å². The van der Waals surface area contributed by atoms with E-state index in [0.29, 0.717) is 11.6 Å². The normalized spacial score (nSPS) is 16.0. The lowest BCUT2D eigenvalue weighted by molar-refractivity contribution is 0.322. The Balaban J connectivity index is 2.59. The van der Waals surface area contributed by atoms with Crippen LogP contribution < -0.4 is 0 Å². The van der Waals surface area contributed by atoms with Crippen molar-refractivity contribution in [2.75, 3.05) is 0 Å². The topological polar surface area (TPSA) is 41.7 Å². The Kier molecular flexibility index (Phi) is 5.54. The highest BCUT2D eigenvalue weighted by molar-refractivity contribution is 7.95. The molecule has 0 N–H and O–H groups in total. The first kappa shape index (κ1) is 19.0. The third-order valence-electron chi connectivity index (χ3n) is 4.45. The van der Waals surface area contributed by atoms with Crippen molar-refractivity contribution < 1.29 is 8.42 Å². The average molecular weight is 356 g/mol. The second-order valence-electron chi connectivity index (χ2n) is 6.39. The van der Waals surface area contributed by atoms with Crippen molar-refractivity contribution in [2.45, 2.75) is 52.0 Å². The van der Waals surface area contributed by atoms with E-state index in [1.54, 1.807) is 36.4 Å². The van der Waals surface area contributed by atoms with Gasteiger partial charge in [-0.05, 0) is 64.0 Å². The first-order valence-electron chi connectivity index (χ1n) is 8.31. The minimum Gasteiger partial charge on any atom is -0.347 e. The van der Waals surface area contributed by atoms with Crippen molar-refractivity contribution in [3.63, 3.8) is 0 Å². The fourth-order valence-electron chi connectivity index (χ4n) is 3.02. The van der Waals surface area contributed by atoms with Gasteiger partial charge in [0.2, 0.25) is 9.84 Å². The van der Waals surface area contributed by atoms with Crippen LogP contribution in [0.25, 0.3) is 4.85 Å². The van der Waals surface area contributed by atoms with Crippen LogP contribution in [0, 0.1) is 13.5 Å². The van der Waals surface area contributed by atoms with Crippen molar-refractivity contribution in [3.05, 3.63) is 75.4 Å². The number of aryl methyl sites for hydroxylation is 1. The number of sulfone groups is 1. The summed E-state index contributed by atoms with van der Waals surface area (Å²) < 4.78 is 25.8. The molecule has 25 heavy (non-hydrogen) atoms. The lowest BCUT2D eigenvalue weighted by Gasteiger charge is -2.35. The van der Waals surface area contributed by atoms with Gasteiger partial charge in [-0.3, -0.25) is 0 Å². The van der Waals surface area contributed by atoms with Crippen molar-refractivity contribution in [1.29, 1.82) is 0 Å². The molecule has 0 bridgehead atoms. The standard InChI is InChI=1S/C20H24N2O2S/c1-7-15(3)22-16(4)12-18(13-17(22)5)20(21-6)25(23,24)19-10-8-14(2)9-11-19/h8-13,15H,7H2,1-5H3. The van der Waals surface area contributed by atoms with E-state index in [-0.39, 0.29) is 9.92 Å². The van der Waals surface area contributed by atoms with Crippen LogP contribution in [0.1, 0.15) is 39.7 Å². The maximum absolute atomic E-state index is 12.9. The van der Waals surface area contributed by atoms with Gasteiger partial charge in [0, 0.05) is 17.4 Å². The molecular weight excluding hydrogens is 332 g/mol. The van der Waals surface area contributed by atoms with Crippen LogP contribution >= 0.6 is 0 Å². The molecule has 0 aromatic heterocycles. The summed E-state index contributed by atoms with van der Waals surface area (Å²) in [6, 6.07) is 6.91. The minimum atomic E-state index is -3.84. The van der Waals surface area contributed by atoms with Gasteiger partial charge in [-0.25, -0.2) is 13.3 Å². The van der Waals surface area contributed by atoms with Crippen LogP contribution in [-0.4, -0.2) is 19.4 Å². The maximum atomic E-state index is 12.9. The molecule has 0 aliphatic carbocycles. The Morgan fingerprint density at radius 3 is 2.08 bits per heavy atom. The SMILES string of the molecule is [C-]#[N+]C(=C1C=C(C)N(C(C)CC)C(C)=C1)S(=O)(=O)c1ccc(C)cc1. The number of rotatable bonds is 4. The Labute approximate surface area is 150 Å². The first-order chi connectivity index (χ1) is 11.7. The smallest absolute Gasteiger partial charge is 0.290 e. The van der Waals surface area contributed by atoms with E-state index in [1.807, 2.05) is 20.8 Å². The number of hydrogen-bond acceptors (Lipinski definition) is 3. The Morgan fingerprint density at radius 2 is 1.64 bits per heavy atom. The predicted molar refractivity (Wildman–Crippen MR) is 101 cm³/mol. The lowest BCUT2D eigenvalue weighted by Crippen LogP contribution is -2.31. The molecule has 0 saturated heterocycles. The predicted octanol–water partition coefficient (Wildman–Crippen LogP) is 4.82. The highest BCUT2D eigenvalue weighted by Crippen LogP contribution is 2.31. The summed E-state index contributed by atoms with van der Waals surface area (Å²) in [5, 5.41) is -0.223. The quantitative estimate of drug-likeness (QED) is 0.726.